The molecule has 1 rings (SSSR count). The number of thioether (sulfide) groups is 1. The SMILES string of the molecule is CSCC(C)(O)CNC(=O)Nc1cc(C(F)(F)F)ccc1C. The maximum Gasteiger partial charge on any atom is 0.416 e. The number of hydrogen-bond donors (Lipinski definition) is 3. The van der Waals surface area contributed by atoms with Crippen molar-refractivity contribution in [3.63, 3.8) is 0 Å². The Kier molecular flexibility index (Phi) is 6.13. The van der Waals surface area contributed by atoms with Gasteiger partial charge >= 0.3 is 12.2 Å². The van der Waals surface area contributed by atoms with E-state index in [0.29, 0.717) is 11.3 Å². The van der Waals surface area contributed by atoms with Crippen molar-refractivity contribution < 1.29 is 23.1 Å². The Bertz CT molecular complexity index is 533. The molecule has 0 aliphatic carbocycles. The van der Waals surface area contributed by atoms with Gasteiger partial charge in [-0.2, -0.15) is 24.9 Å². The van der Waals surface area contributed by atoms with Crippen LogP contribution in [0.5, 0.6) is 0 Å². The minimum absolute atomic E-state index is 0.00230. The molecule has 0 aliphatic rings. The quantitative estimate of drug-likeness (QED) is 0.773. The summed E-state index contributed by atoms with van der Waals surface area (Å²) in [5.74, 6) is 0.426. The van der Waals surface area contributed by atoms with Gasteiger partial charge in [-0.25, -0.2) is 4.79 Å². The Hall–Kier alpha value is -1.41. The van der Waals surface area contributed by atoms with Crippen LogP contribution in [0.15, 0.2) is 18.2 Å². The molecule has 22 heavy (non-hydrogen) atoms. The fraction of sp³-hybridized carbons (Fsp3) is 0.500. The number of aryl methyl sites for hydroxylation is 1. The zero-order chi connectivity index (χ0) is 17.0. The number of carbonyl (C=O) groups is 1. The fourth-order valence-corrected chi connectivity index (χ4v) is 2.46. The van der Waals surface area contributed by atoms with Gasteiger partial charge in [-0.15, -0.1) is 0 Å². The number of benzene rings is 1. The van der Waals surface area contributed by atoms with Crippen LogP contribution in [0.25, 0.3) is 0 Å². The predicted octanol–water partition coefficient (Wildman–Crippen LogP) is 3.25. The molecular formula is C14H19F3N2O2S. The van der Waals surface area contributed by atoms with Crippen molar-refractivity contribution in [2.24, 2.45) is 0 Å². The van der Waals surface area contributed by atoms with Crippen LogP contribution in [0.2, 0.25) is 0 Å². The summed E-state index contributed by atoms with van der Waals surface area (Å²) in [6, 6.07) is 2.47. The number of urea groups is 1. The molecule has 0 spiro atoms. The first-order chi connectivity index (χ1) is 10.0. The van der Waals surface area contributed by atoms with E-state index in [1.807, 2.05) is 6.26 Å². The third-order valence-electron chi connectivity index (χ3n) is 2.90. The van der Waals surface area contributed by atoms with Crippen LogP contribution < -0.4 is 10.6 Å². The lowest BCUT2D eigenvalue weighted by Gasteiger charge is -2.22. The van der Waals surface area contributed by atoms with Crippen molar-refractivity contribution in [1.29, 1.82) is 0 Å². The zero-order valence-electron chi connectivity index (χ0n) is 12.5. The van der Waals surface area contributed by atoms with E-state index in [2.05, 4.69) is 10.6 Å². The van der Waals surface area contributed by atoms with E-state index in [4.69, 9.17) is 0 Å². The number of nitrogens with one attached hydrogen (secondary N) is 2. The second-order valence-electron chi connectivity index (χ2n) is 5.27. The van der Waals surface area contributed by atoms with E-state index in [-0.39, 0.29) is 12.2 Å². The van der Waals surface area contributed by atoms with Gasteiger partial charge in [0.15, 0.2) is 0 Å². The molecule has 1 aromatic rings. The molecule has 4 nitrogen and oxygen atoms in total. The number of aliphatic hydroxyl groups is 1. The maximum atomic E-state index is 12.7. The molecule has 0 bridgehead atoms. The highest BCUT2D eigenvalue weighted by Crippen LogP contribution is 2.31. The first-order valence-electron chi connectivity index (χ1n) is 6.49. The van der Waals surface area contributed by atoms with Crippen LogP contribution in [0.1, 0.15) is 18.1 Å². The average Bonchev–Trinajstić information content (AvgIpc) is 2.38. The van der Waals surface area contributed by atoms with Crippen molar-refractivity contribution >= 4 is 23.5 Å². The maximum absolute atomic E-state index is 12.7. The third kappa shape index (κ3) is 5.76. The van der Waals surface area contributed by atoms with Crippen LogP contribution in [0, 0.1) is 6.92 Å². The Morgan fingerprint density at radius 3 is 2.55 bits per heavy atom. The monoisotopic (exact) mass is 336 g/mol. The summed E-state index contributed by atoms with van der Waals surface area (Å²) in [6.07, 6.45) is -2.65. The number of anilines is 1. The second-order valence-corrected chi connectivity index (χ2v) is 6.13. The number of amides is 2. The van der Waals surface area contributed by atoms with Gasteiger partial charge in [0, 0.05) is 18.0 Å². The van der Waals surface area contributed by atoms with E-state index >= 15 is 0 Å². The molecule has 0 radical (unpaired) electrons. The first kappa shape index (κ1) is 18.6. The highest BCUT2D eigenvalue weighted by molar-refractivity contribution is 7.98. The van der Waals surface area contributed by atoms with E-state index in [1.54, 1.807) is 13.8 Å². The average molecular weight is 336 g/mol. The molecule has 0 aliphatic heterocycles. The second kappa shape index (κ2) is 7.23. The Morgan fingerprint density at radius 1 is 1.36 bits per heavy atom. The summed E-state index contributed by atoms with van der Waals surface area (Å²) in [5.41, 5.74) is -1.32. The number of hydrogen-bond acceptors (Lipinski definition) is 3. The Labute approximate surface area is 131 Å². The van der Waals surface area contributed by atoms with Crippen LogP contribution in [-0.2, 0) is 6.18 Å². The minimum atomic E-state index is -4.47. The number of alkyl halides is 3. The largest absolute Gasteiger partial charge is 0.416 e. The first-order valence-corrected chi connectivity index (χ1v) is 7.88. The summed E-state index contributed by atoms with van der Waals surface area (Å²) >= 11 is 1.42. The van der Waals surface area contributed by atoms with Gasteiger partial charge in [-0.3, -0.25) is 0 Å². The Morgan fingerprint density at radius 2 is 2.00 bits per heavy atom. The topological polar surface area (TPSA) is 61.4 Å². The number of rotatable bonds is 5. The lowest BCUT2D eigenvalue weighted by atomic mass is 10.1. The molecule has 1 unspecified atom stereocenters. The summed E-state index contributed by atoms with van der Waals surface area (Å²) < 4.78 is 38.0. The molecule has 1 aromatic carbocycles. The molecule has 8 heteroatoms. The van der Waals surface area contributed by atoms with Crippen molar-refractivity contribution in [3.05, 3.63) is 29.3 Å². The summed E-state index contributed by atoms with van der Waals surface area (Å²) in [7, 11) is 0. The highest BCUT2D eigenvalue weighted by atomic mass is 32.2. The van der Waals surface area contributed by atoms with Crippen molar-refractivity contribution in [1.82, 2.24) is 5.32 Å². The lowest BCUT2D eigenvalue weighted by molar-refractivity contribution is -0.137. The van der Waals surface area contributed by atoms with Crippen LogP contribution >= 0.6 is 11.8 Å². The van der Waals surface area contributed by atoms with Crippen molar-refractivity contribution in [3.8, 4) is 0 Å². The van der Waals surface area contributed by atoms with Crippen LogP contribution in [0.3, 0.4) is 0 Å². The molecule has 1 atom stereocenters. The van der Waals surface area contributed by atoms with Gasteiger partial charge in [0.2, 0.25) is 0 Å². The van der Waals surface area contributed by atoms with E-state index in [9.17, 15) is 23.1 Å². The normalized spacial score (nSPS) is 14.3. The van der Waals surface area contributed by atoms with E-state index in [1.165, 1.54) is 17.8 Å². The van der Waals surface area contributed by atoms with E-state index < -0.39 is 23.4 Å². The van der Waals surface area contributed by atoms with Gasteiger partial charge in [0.05, 0.1) is 11.2 Å². The standard InChI is InChI=1S/C14H19F3N2O2S/c1-9-4-5-10(14(15,16)17)6-11(9)19-12(20)18-7-13(2,21)8-22-3/h4-6,21H,7-8H2,1-3H3,(H2,18,19,20). The molecule has 2 amide bonds. The van der Waals surface area contributed by atoms with Crippen LogP contribution in [0.4, 0.5) is 23.7 Å². The molecule has 3 N–H and O–H groups in total. The number of halogens is 3. The number of carbonyl (C=O) groups excluding carboxylic acids is 1. The molecule has 0 saturated heterocycles. The van der Waals surface area contributed by atoms with Gasteiger partial charge in [-0.05, 0) is 37.8 Å². The smallest absolute Gasteiger partial charge is 0.387 e. The molecule has 0 aromatic heterocycles. The molecule has 0 heterocycles. The van der Waals surface area contributed by atoms with E-state index in [0.717, 1.165) is 12.1 Å². The summed E-state index contributed by atoms with van der Waals surface area (Å²) in [5, 5.41) is 14.7. The predicted molar refractivity (Wildman–Crippen MR) is 82.2 cm³/mol. The molecule has 124 valence electrons. The minimum Gasteiger partial charge on any atom is -0.387 e. The lowest BCUT2D eigenvalue weighted by Crippen LogP contribution is -2.44. The van der Waals surface area contributed by atoms with Crippen molar-refractivity contribution in [2.45, 2.75) is 25.6 Å². The van der Waals surface area contributed by atoms with Gasteiger partial charge < -0.3 is 15.7 Å². The Balaban J connectivity index is 2.72. The van der Waals surface area contributed by atoms with Crippen molar-refractivity contribution in [2.75, 3.05) is 23.9 Å². The summed E-state index contributed by atoms with van der Waals surface area (Å²) in [6.45, 7) is 3.16. The molecule has 0 fully saturated rings. The molecular weight excluding hydrogens is 317 g/mol. The fourth-order valence-electron chi connectivity index (χ4n) is 1.73. The zero-order valence-corrected chi connectivity index (χ0v) is 13.4. The van der Waals surface area contributed by atoms with Gasteiger partial charge in [0.1, 0.15) is 0 Å². The van der Waals surface area contributed by atoms with Gasteiger partial charge in [-0.1, -0.05) is 6.07 Å². The van der Waals surface area contributed by atoms with Gasteiger partial charge in [0.25, 0.3) is 0 Å². The highest BCUT2D eigenvalue weighted by Gasteiger charge is 2.31. The van der Waals surface area contributed by atoms with Crippen LogP contribution in [-0.4, -0.2) is 35.3 Å². The molecule has 0 saturated carbocycles. The third-order valence-corrected chi connectivity index (χ3v) is 3.81. The summed E-state index contributed by atoms with van der Waals surface area (Å²) in [4.78, 5) is 11.8.